The minimum atomic E-state index is -0.366. The van der Waals surface area contributed by atoms with Crippen LogP contribution in [0, 0.1) is 6.92 Å². The summed E-state index contributed by atoms with van der Waals surface area (Å²) in [6, 6.07) is 6.83. The van der Waals surface area contributed by atoms with Crippen LogP contribution in [0.4, 0.5) is 0 Å². The highest BCUT2D eigenvalue weighted by molar-refractivity contribution is 8.00. The lowest BCUT2D eigenvalue weighted by molar-refractivity contribution is -0.120. The zero-order valence-electron chi connectivity index (χ0n) is 15.9. The number of nitrogens with zero attached hydrogens (tertiary/aromatic N) is 3. The lowest BCUT2D eigenvalue weighted by Gasteiger charge is -2.18. The first-order valence-corrected chi connectivity index (χ1v) is 10.3. The molecular formula is C19H20Cl2N4O2S. The molecule has 0 unspecified atom stereocenters. The Morgan fingerprint density at radius 2 is 2.00 bits per heavy atom. The Morgan fingerprint density at radius 1 is 1.25 bits per heavy atom. The van der Waals surface area contributed by atoms with Crippen LogP contribution in [0.1, 0.15) is 31.2 Å². The van der Waals surface area contributed by atoms with Crippen molar-refractivity contribution in [3.63, 3.8) is 0 Å². The van der Waals surface area contributed by atoms with E-state index in [9.17, 15) is 4.79 Å². The van der Waals surface area contributed by atoms with E-state index < -0.39 is 0 Å². The normalized spacial score (nSPS) is 13.4. The van der Waals surface area contributed by atoms with E-state index in [4.69, 9.17) is 27.6 Å². The van der Waals surface area contributed by atoms with Gasteiger partial charge in [0.2, 0.25) is 5.91 Å². The van der Waals surface area contributed by atoms with E-state index in [2.05, 4.69) is 15.5 Å². The van der Waals surface area contributed by atoms with E-state index in [1.807, 2.05) is 44.5 Å². The Morgan fingerprint density at radius 3 is 2.64 bits per heavy atom. The number of hydrogen-bond acceptors (Lipinski definition) is 5. The second kappa shape index (κ2) is 8.59. The van der Waals surface area contributed by atoms with Gasteiger partial charge in [0.15, 0.2) is 11.0 Å². The van der Waals surface area contributed by atoms with Crippen molar-refractivity contribution < 1.29 is 9.21 Å². The first-order valence-electron chi connectivity index (χ1n) is 8.63. The summed E-state index contributed by atoms with van der Waals surface area (Å²) in [4.78, 5) is 12.6. The molecule has 1 aromatic carbocycles. The molecule has 0 aliphatic heterocycles. The molecule has 2 atom stereocenters. The molecule has 0 bridgehead atoms. The maximum atomic E-state index is 12.6. The van der Waals surface area contributed by atoms with Crippen molar-refractivity contribution in [3.8, 4) is 11.4 Å². The zero-order chi connectivity index (χ0) is 20.4. The Balaban J connectivity index is 1.68. The predicted molar refractivity (Wildman–Crippen MR) is 112 cm³/mol. The van der Waals surface area contributed by atoms with Gasteiger partial charge in [-0.15, -0.1) is 10.2 Å². The topological polar surface area (TPSA) is 72.9 Å². The van der Waals surface area contributed by atoms with Crippen LogP contribution in [0.2, 0.25) is 10.0 Å². The SMILES string of the molecule is Cc1occc1-c1nnc(S[C@H](C)C(=O)N[C@@H](C)c2ccc(Cl)cc2Cl)n1C. The monoisotopic (exact) mass is 438 g/mol. The van der Waals surface area contributed by atoms with Crippen LogP contribution in [0.3, 0.4) is 0 Å². The van der Waals surface area contributed by atoms with E-state index in [1.54, 1.807) is 18.4 Å². The maximum absolute atomic E-state index is 12.6. The molecule has 0 saturated heterocycles. The Labute approximate surface area is 177 Å². The van der Waals surface area contributed by atoms with Crippen LogP contribution in [0.5, 0.6) is 0 Å². The van der Waals surface area contributed by atoms with Gasteiger partial charge in [-0.25, -0.2) is 0 Å². The minimum absolute atomic E-state index is 0.118. The zero-order valence-corrected chi connectivity index (χ0v) is 18.2. The third-order valence-corrected chi connectivity index (χ3v) is 6.07. The molecule has 0 saturated carbocycles. The van der Waals surface area contributed by atoms with Gasteiger partial charge in [0.1, 0.15) is 5.76 Å². The molecule has 0 aliphatic rings. The average molecular weight is 439 g/mol. The number of hydrogen-bond donors (Lipinski definition) is 1. The predicted octanol–water partition coefficient (Wildman–Crippen LogP) is 5.05. The molecular weight excluding hydrogens is 419 g/mol. The first kappa shape index (κ1) is 20.8. The van der Waals surface area contributed by atoms with Crippen molar-refractivity contribution in [2.75, 3.05) is 0 Å². The van der Waals surface area contributed by atoms with Crippen LogP contribution < -0.4 is 5.32 Å². The highest BCUT2D eigenvalue weighted by Gasteiger charge is 2.22. The van der Waals surface area contributed by atoms with Crippen LogP contribution in [-0.4, -0.2) is 25.9 Å². The second-order valence-corrected chi connectivity index (χ2v) is 8.56. The third-order valence-electron chi connectivity index (χ3n) is 4.37. The van der Waals surface area contributed by atoms with Crippen LogP contribution in [0.15, 0.2) is 40.1 Å². The molecule has 0 fully saturated rings. The van der Waals surface area contributed by atoms with Crippen molar-refractivity contribution in [2.45, 2.75) is 37.2 Å². The van der Waals surface area contributed by atoms with Crippen molar-refractivity contribution >= 4 is 40.9 Å². The summed E-state index contributed by atoms with van der Waals surface area (Å²) in [5, 5.41) is 12.8. The largest absolute Gasteiger partial charge is 0.469 e. The van der Waals surface area contributed by atoms with E-state index in [0.29, 0.717) is 21.0 Å². The fourth-order valence-electron chi connectivity index (χ4n) is 2.74. The smallest absolute Gasteiger partial charge is 0.233 e. The van der Waals surface area contributed by atoms with E-state index >= 15 is 0 Å². The summed E-state index contributed by atoms with van der Waals surface area (Å²) >= 11 is 13.5. The number of nitrogens with one attached hydrogen (secondary N) is 1. The van der Waals surface area contributed by atoms with Crippen LogP contribution in [0.25, 0.3) is 11.4 Å². The van der Waals surface area contributed by atoms with E-state index in [1.165, 1.54) is 11.8 Å². The molecule has 1 N–H and O–H groups in total. The standard InChI is InChI=1S/C19H20Cl2N4O2S/c1-10(14-6-5-13(20)9-16(14)21)22-18(26)12(3)28-19-24-23-17(25(19)4)15-7-8-27-11(15)2/h5-10,12H,1-4H3,(H,22,26)/t10-,12+/m0/s1. The van der Waals surface area contributed by atoms with Gasteiger partial charge < -0.3 is 14.3 Å². The number of thioether (sulfide) groups is 1. The molecule has 2 heterocycles. The molecule has 1 amide bonds. The van der Waals surface area contributed by atoms with Gasteiger partial charge in [0.05, 0.1) is 23.1 Å². The highest BCUT2D eigenvalue weighted by atomic mass is 35.5. The quantitative estimate of drug-likeness (QED) is 0.545. The van der Waals surface area contributed by atoms with Crippen LogP contribution >= 0.6 is 35.0 Å². The highest BCUT2D eigenvalue weighted by Crippen LogP contribution is 2.29. The van der Waals surface area contributed by atoms with Crippen molar-refractivity contribution in [2.24, 2.45) is 7.05 Å². The Bertz CT molecular complexity index is 1000. The average Bonchev–Trinajstić information content (AvgIpc) is 3.20. The first-order chi connectivity index (χ1) is 13.3. The van der Waals surface area contributed by atoms with Crippen molar-refractivity contribution in [1.82, 2.24) is 20.1 Å². The molecule has 0 radical (unpaired) electrons. The minimum Gasteiger partial charge on any atom is -0.469 e. The molecule has 2 aromatic heterocycles. The summed E-state index contributed by atoms with van der Waals surface area (Å²) < 4.78 is 7.19. The molecule has 0 spiro atoms. The van der Waals surface area contributed by atoms with Gasteiger partial charge in [0.25, 0.3) is 0 Å². The van der Waals surface area contributed by atoms with E-state index in [0.717, 1.165) is 16.9 Å². The molecule has 28 heavy (non-hydrogen) atoms. The molecule has 3 rings (SSSR count). The van der Waals surface area contributed by atoms with Gasteiger partial charge in [-0.05, 0) is 44.5 Å². The fraction of sp³-hybridized carbons (Fsp3) is 0.316. The molecule has 9 heteroatoms. The number of carbonyl (C=O) groups excluding carboxylic acids is 1. The van der Waals surface area contributed by atoms with Gasteiger partial charge in [-0.1, -0.05) is 41.0 Å². The number of amides is 1. The number of benzene rings is 1. The lowest BCUT2D eigenvalue weighted by atomic mass is 10.1. The number of aromatic nitrogens is 3. The summed E-state index contributed by atoms with van der Waals surface area (Å²) in [6.45, 7) is 5.58. The molecule has 3 aromatic rings. The summed E-state index contributed by atoms with van der Waals surface area (Å²) in [7, 11) is 1.87. The molecule has 148 valence electrons. The summed E-state index contributed by atoms with van der Waals surface area (Å²) in [5.41, 5.74) is 1.69. The number of rotatable bonds is 6. The van der Waals surface area contributed by atoms with Crippen molar-refractivity contribution in [3.05, 3.63) is 51.9 Å². The number of furan rings is 1. The Kier molecular flexibility index (Phi) is 6.37. The lowest BCUT2D eigenvalue weighted by Crippen LogP contribution is -2.33. The van der Waals surface area contributed by atoms with Crippen LogP contribution in [-0.2, 0) is 11.8 Å². The second-order valence-electron chi connectivity index (χ2n) is 6.41. The molecule has 6 nitrogen and oxygen atoms in total. The number of halogens is 2. The fourth-order valence-corrected chi connectivity index (χ4v) is 4.14. The number of carbonyl (C=O) groups is 1. The summed E-state index contributed by atoms with van der Waals surface area (Å²) in [5.74, 6) is 1.35. The number of aryl methyl sites for hydroxylation is 1. The van der Waals surface area contributed by atoms with Gasteiger partial charge >= 0.3 is 0 Å². The molecule has 0 aliphatic carbocycles. The maximum Gasteiger partial charge on any atom is 0.233 e. The third kappa shape index (κ3) is 4.37. The van der Waals surface area contributed by atoms with E-state index in [-0.39, 0.29) is 17.2 Å². The van der Waals surface area contributed by atoms with Gasteiger partial charge in [-0.2, -0.15) is 0 Å². The Hall–Kier alpha value is -1.96. The van der Waals surface area contributed by atoms with Gasteiger partial charge in [-0.3, -0.25) is 4.79 Å². The van der Waals surface area contributed by atoms with Crippen molar-refractivity contribution in [1.29, 1.82) is 0 Å². The summed E-state index contributed by atoms with van der Waals surface area (Å²) in [6.07, 6.45) is 1.62. The van der Waals surface area contributed by atoms with Gasteiger partial charge in [0, 0.05) is 17.1 Å².